The summed E-state index contributed by atoms with van der Waals surface area (Å²) in [6, 6.07) is 0. The number of nitrogens with two attached hydrogens (primary N) is 1. The van der Waals surface area contributed by atoms with Gasteiger partial charge in [-0.05, 0) is 5.92 Å². The lowest BCUT2D eigenvalue weighted by molar-refractivity contribution is 0.319. The normalized spacial score (nSPS) is 10.2. The van der Waals surface area contributed by atoms with E-state index in [0.29, 0.717) is 0 Å². The minimum Gasteiger partial charge on any atom is -0.409 e. The van der Waals surface area contributed by atoms with E-state index in [-0.39, 0.29) is 5.84 Å². The summed E-state index contributed by atoms with van der Waals surface area (Å²) in [6.45, 7) is 0. The van der Waals surface area contributed by atoms with Crippen molar-refractivity contribution in [2.24, 2.45) is 10.9 Å². The van der Waals surface area contributed by atoms with Gasteiger partial charge in [0.05, 0.1) is 0 Å². The highest BCUT2D eigenvalue weighted by Crippen LogP contribution is 1.52. The van der Waals surface area contributed by atoms with Crippen LogP contribution in [0.4, 0.5) is 0 Å². The number of nitrogens with zero attached hydrogens (tertiary/aromatic N) is 1. The molecule has 6 heavy (non-hydrogen) atoms. The zero-order valence-corrected chi connectivity index (χ0v) is 3.05. The minimum atomic E-state index is -0.199. The Kier molecular flexibility index (Phi) is 1.68. The van der Waals surface area contributed by atoms with Crippen molar-refractivity contribution in [1.82, 2.24) is 0 Å². The quantitative estimate of drug-likeness (QED) is 0.135. The summed E-state index contributed by atoms with van der Waals surface area (Å²) in [4.78, 5) is 0. The Labute approximate surface area is 35.5 Å². The van der Waals surface area contributed by atoms with Crippen molar-refractivity contribution in [2.75, 3.05) is 0 Å². The molecular formula is C3H4N2O. The first-order chi connectivity index (χ1) is 2.81. The molecule has 3 N–H and O–H groups in total. The molecule has 0 saturated heterocycles. The van der Waals surface area contributed by atoms with Crippen molar-refractivity contribution in [1.29, 1.82) is 0 Å². The molecule has 3 heteroatoms. The third kappa shape index (κ3) is 1.18. The molecule has 0 radical (unpaired) electrons. The van der Waals surface area contributed by atoms with Crippen LogP contribution in [0.15, 0.2) is 5.16 Å². The number of amidine groups is 1. The van der Waals surface area contributed by atoms with Crippen LogP contribution in [-0.2, 0) is 0 Å². The topological polar surface area (TPSA) is 58.6 Å². The standard InChI is InChI=1S/C3H4N2O/c1-2-3(4)5-6/h1,6H,(H2,4,5). The molecule has 0 atom stereocenters. The summed E-state index contributed by atoms with van der Waals surface area (Å²) in [7, 11) is 0. The zero-order chi connectivity index (χ0) is 4.99. The first-order valence-electron chi connectivity index (χ1n) is 1.25. The van der Waals surface area contributed by atoms with Crippen LogP contribution in [0.5, 0.6) is 0 Å². The third-order valence-electron chi connectivity index (χ3n) is 0.256. The van der Waals surface area contributed by atoms with E-state index < -0.39 is 0 Å². The fourth-order valence-electron chi connectivity index (χ4n) is 0.0289. The van der Waals surface area contributed by atoms with Crippen molar-refractivity contribution in [3.05, 3.63) is 0 Å². The van der Waals surface area contributed by atoms with Gasteiger partial charge in [-0.1, -0.05) is 5.16 Å². The minimum absolute atomic E-state index is 0.199. The number of oxime groups is 1. The smallest absolute Gasteiger partial charge is 0.214 e. The number of rotatable bonds is 0. The first kappa shape index (κ1) is 4.83. The highest BCUT2D eigenvalue weighted by Gasteiger charge is 1.72. The molecule has 0 aliphatic carbocycles. The molecule has 0 rings (SSSR count). The van der Waals surface area contributed by atoms with Crippen LogP contribution in [-0.4, -0.2) is 11.0 Å². The highest BCUT2D eigenvalue weighted by atomic mass is 16.4. The van der Waals surface area contributed by atoms with E-state index in [2.05, 4.69) is 11.6 Å². The van der Waals surface area contributed by atoms with Gasteiger partial charge < -0.3 is 10.9 Å². The highest BCUT2D eigenvalue weighted by molar-refractivity contribution is 5.95. The number of hydrogen-bond donors (Lipinski definition) is 2. The Bertz CT molecular complexity index is 99.9. The monoisotopic (exact) mass is 84.0 g/mol. The molecule has 0 heterocycles. The maximum absolute atomic E-state index is 7.66. The summed E-state index contributed by atoms with van der Waals surface area (Å²) in [6.07, 6.45) is 4.62. The molecule has 0 fully saturated rings. The maximum atomic E-state index is 7.66. The molecule has 0 unspecified atom stereocenters. The van der Waals surface area contributed by atoms with Crippen molar-refractivity contribution in [2.45, 2.75) is 0 Å². The van der Waals surface area contributed by atoms with Crippen LogP contribution in [0.1, 0.15) is 0 Å². The van der Waals surface area contributed by atoms with Crippen molar-refractivity contribution in [3.8, 4) is 12.3 Å². The van der Waals surface area contributed by atoms with Crippen LogP contribution in [0.3, 0.4) is 0 Å². The molecule has 0 spiro atoms. The van der Waals surface area contributed by atoms with Gasteiger partial charge >= 0.3 is 0 Å². The average molecular weight is 84.1 g/mol. The Hall–Kier alpha value is -1.17. The van der Waals surface area contributed by atoms with Gasteiger partial charge in [-0.3, -0.25) is 0 Å². The molecule has 3 nitrogen and oxygen atoms in total. The SMILES string of the molecule is C#CC(N)=NO. The second-order valence-electron chi connectivity index (χ2n) is 0.630. The van der Waals surface area contributed by atoms with Crippen molar-refractivity contribution < 1.29 is 5.21 Å². The van der Waals surface area contributed by atoms with E-state index in [1.807, 2.05) is 5.92 Å². The molecule has 32 valence electrons. The van der Waals surface area contributed by atoms with E-state index in [1.165, 1.54) is 0 Å². The lowest BCUT2D eigenvalue weighted by Crippen LogP contribution is -2.06. The molecule has 0 aliphatic rings. The van der Waals surface area contributed by atoms with E-state index in [4.69, 9.17) is 10.9 Å². The molecule has 0 bridgehead atoms. The van der Waals surface area contributed by atoms with Crippen LogP contribution in [0.2, 0.25) is 0 Å². The summed E-state index contributed by atoms with van der Waals surface area (Å²) >= 11 is 0. The summed E-state index contributed by atoms with van der Waals surface area (Å²) < 4.78 is 0. The maximum Gasteiger partial charge on any atom is 0.214 e. The van der Waals surface area contributed by atoms with Gasteiger partial charge in [0, 0.05) is 0 Å². The van der Waals surface area contributed by atoms with E-state index in [9.17, 15) is 0 Å². The average Bonchev–Trinajstić information content (AvgIpc) is 1.65. The summed E-state index contributed by atoms with van der Waals surface area (Å²) in [5.74, 6) is 1.69. The van der Waals surface area contributed by atoms with Gasteiger partial charge in [-0.2, -0.15) is 0 Å². The van der Waals surface area contributed by atoms with Crippen molar-refractivity contribution >= 4 is 5.84 Å². The van der Waals surface area contributed by atoms with Crippen LogP contribution in [0.25, 0.3) is 0 Å². The Morgan fingerprint density at radius 2 is 2.50 bits per heavy atom. The molecule has 0 aliphatic heterocycles. The Morgan fingerprint density at radius 1 is 2.00 bits per heavy atom. The van der Waals surface area contributed by atoms with Gasteiger partial charge in [0.25, 0.3) is 0 Å². The predicted octanol–water partition coefficient (Wildman–Crippen LogP) is -0.634. The lowest BCUT2D eigenvalue weighted by atomic mass is 10.7. The number of hydrogen-bond acceptors (Lipinski definition) is 2. The fourth-order valence-corrected chi connectivity index (χ4v) is 0.0289. The van der Waals surface area contributed by atoms with Crippen LogP contribution in [0, 0.1) is 12.3 Å². The molecule has 0 aromatic heterocycles. The first-order valence-corrected chi connectivity index (χ1v) is 1.25. The molecule has 0 amide bonds. The Balaban J connectivity index is 3.61. The van der Waals surface area contributed by atoms with Gasteiger partial charge in [0.1, 0.15) is 0 Å². The molecular weight excluding hydrogens is 80.0 g/mol. The van der Waals surface area contributed by atoms with Crippen LogP contribution >= 0.6 is 0 Å². The van der Waals surface area contributed by atoms with E-state index >= 15 is 0 Å². The third-order valence-corrected chi connectivity index (χ3v) is 0.256. The second-order valence-corrected chi connectivity index (χ2v) is 0.630. The molecule has 0 aromatic rings. The number of terminal acetylenes is 1. The van der Waals surface area contributed by atoms with Crippen LogP contribution < -0.4 is 5.73 Å². The Morgan fingerprint density at radius 3 is 2.50 bits per heavy atom. The second kappa shape index (κ2) is 2.09. The van der Waals surface area contributed by atoms with Crippen molar-refractivity contribution in [3.63, 3.8) is 0 Å². The fraction of sp³-hybridized carbons (Fsp3) is 0. The summed E-state index contributed by atoms with van der Waals surface area (Å²) in [5, 5.41) is 10.1. The predicted molar refractivity (Wildman–Crippen MR) is 22.2 cm³/mol. The van der Waals surface area contributed by atoms with Gasteiger partial charge in [-0.15, -0.1) is 6.42 Å². The largest absolute Gasteiger partial charge is 0.409 e. The van der Waals surface area contributed by atoms with E-state index in [0.717, 1.165) is 0 Å². The van der Waals surface area contributed by atoms with E-state index in [1.54, 1.807) is 0 Å². The van der Waals surface area contributed by atoms with Gasteiger partial charge in [-0.25, -0.2) is 0 Å². The molecule has 0 aromatic carbocycles. The summed E-state index contributed by atoms with van der Waals surface area (Å²) in [5.41, 5.74) is 4.74. The van der Waals surface area contributed by atoms with Gasteiger partial charge in [0.15, 0.2) is 0 Å². The zero-order valence-electron chi connectivity index (χ0n) is 3.05. The molecule has 0 saturated carbocycles. The van der Waals surface area contributed by atoms with Gasteiger partial charge in [0.2, 0.25) is 5.84 Å². The lowest BCUT2D eigenvalue weighted by Gasteiger charge is -1.73.